The summed E-state index contributed by atoms with van der Waals surface area (Å²) in [7, 11) is 0. The molecule has 0 spiro atoms. The number of hydrogen-bond acceptors (Lipinski definition) is 3. The third kappa shape index (κ3) is 4.08. The number of nitrogens with one attached hydrogen (secondary N) is 1. The normalized spacial score (nSPS) is 21.3. The van der Waals surface area contributed by atoms with E-state index >= 15 is 0 Å². The smallest absolute Gasteiger partial charge is 0.156 e. The zero-order valence-electron chi connectivity index (χ0n) is 9.74. The molecule has 0 amide bonds. The molecule has 15 heavy (non-hydrogen) atoms. The lowest BCUT2D eigenvalue weighted by Gasteiger charge is -2.23. The van der Waals surface area contributed by atoms with Crippen LogP contribution < -0.4 is 11.1 Å². The Hall–Kier alpha value is -0.770. The van der Waals surface area contributed by atoms with Gasteiger partial charge in [0.1, 0.15) is 0 Å². The molecule has 4 N–H and O–H groups in total. The van der Waals surface area contributed by atoms with E-state index in [9.17, 15) is 0 Å². The molecule has 4 heteroatoms. The molecule has 0 bridgehead atoms. The zero-order chi connectivity index (χ0) is 11.3. The van der Waals surface area contributed by atoms with Crippen molar-refractivity contribution in [3.63, 3.8) is 0 Å². The van der Waals surface area contributed by atoms with Gasteiger partial charge >= 0.3 is 0 Å². The maximum absolute atomic E-state index is 8.64. The lowest BCUT2D eigenvalue weighted by molar-refractivity contribution is 0.312. The van der Waals surface area contributed by atoms with E-state index in [1.165, 1.54) is 19.3 Å². The van der Waals surface area contributed by atoms with E-state index in [1.807, 2.05) is 6.92 Å². The topological polar surface area (TPSA) is 70.6 Å². The summed E-state index contributed by atoms with van der Waals surface area (Å²) >= 11 is 0. The maximum Gasteiger partial charge on any atom is 0.156 e. The Bertz CT molecular complexity index is 214. The Morgan fingerprint density at radius 2 is 2.13 bits per heavy atom. The van der Waals surface area contributed by atoms with Crippen LogP contribution in [0.5, 0.6) is 0 Å². The van der Waals surface area contributed by atoms with E-state index in [4.69, 9.17) is 10.9 Å². The van der Waals surface area contributed by atoms with Crippen LogP contribution >= 0.6 is 0 Å². The Labute approximate surface area is 91.9 Å². The highest BCUT2D eigenvalue weighted by Gasteiger charge is 2.26. The van der Waals surface area contributed by atoms with Gasteiger partial charge in [-0.25, -0.2) is 0 Å². The Morgan fingerprint density at radius 1 is 1.47 bits per heavy atom. The summed E-state index contributed by atoms with van der Waals surface area (Å²) in [5.41, 5.74) is 5.61. The second-order valence-corrected chi connectivity index (χ2v) is 4.44. The standard InChI is InChI=1S/C11H23N3O/c1-3-9(7-8-5-6-8)13-10(4-2)11(12)14-15/h8-10,13,15H,3-7H2,1-2H3,(H2,12,14). The summed E-state index contributed by atoms with van der Waals surface area (Å²) in [4.78, 5) is 0. The largest absolute Gasteiger partial charge is 0.409 e. The molecule has 0 aliphatic heterocycles. The summed E-state index contributed by atoms with van der Waals surface area (Å²) < 4.78 is 0. The van der Waals surface area contributed by atoms with Crippen molar-refractivity contribution in [3.8, 4) is 0 Å². The van der Waals surface area contributed by atoms with Gasteiger partial charge in [-0.1, -0.05) is 31.8 Å². The number of rotatable bonds is 7. The molecule has 1 saturated carbocycles. The highest BCUT2D eigenvalue weighted by atomic mass is 16.4. The molecule has 0 heterocycles. The van der Waals surface area contributed by atoms with E-state index < -0.39 is 0 Å². The SMILES string of the molecule is CCC(CC1CC1)NC(CC)C(N)=NO. The van der Waals surface area contributed by atoms with Gasteiger partial charge in [-0.05, 0) is 25.2 Å². The van der Waals surface area contributed by atoms with Gasteiger partial charge in [-0.3, -0.25) is 0 Å². The van der Waals surface area contributed by atoms with Crippen molar-refractivity contribution in [1.82, 2.24) is 5.32 Å². The lowest BCUT2D eigenvalue weighted by atomic mass is 10.1. The molecule has 4 nitrogen and oxygen atoms in total. The van der Waals surface area contributed by atoms with Crippen molar-refractivity contribution >= 4 is 5.84 Å². The van der Waals surface area contributed by atoms with Gasteiger partial charge in [0.15, 0.2) is 5.84 Å². The molecular weight excluding hydrogens is 190 g/mol. The fraction of sp³-hybridized carbons (Fsp3) is 0.909. The highest BCUT2D eigenvalue weighted by Crippen LogP contribution is 2.34. The van der Waals surface area contributed by atoms with Crippen LogP contribution in [-0.2, 0) is 0 Å². The molecule has 2 unspecified atom stereocenters. The Kier molecular flexibility index (Phi) is 4.88. The molecule has 2 atom stereocenters. The molecule has 0 radical (unpaired) electrons. The number of nitrogens with zero attached hydrogens (tertiary/aromatic N) is 1. The second-order valence-electron chi connectivity index (χ2n) is 4.44. The molecule has 0 aromatic rings. The van der Waals surface area contributed by atoms with Crippen molar-refractivity contribution in [2.24, 2.45) is 16.8 Å². The fourth-order valence-corrected chi connectivity index (χ4v) is 1.88. The number of nitrogens with two attached hydrogens (primary N) is 1. The quantitative estimate of drug-likeness (QED) is 0.261. The molecule has 1 fully saturated rings. The fourth-order valence-electron chi connectivity index (χ4n) is 1.88. The van der Waals surface area contributed by atoms with E-state index in [0.717, 1.165) is 18.8 Å². The molecule has 1 aliphatic rings. The molecule has 0 aromatic carbocycles. The zero-order valence-corrected chi connectivity index (χ0v) is 9.74. The van der Waals surface area contributed by atoms with E-state index in [0.29, 0.717) is 11.9 Å². The van der Waals surface area contributed by atoms with E-state index in [2.05, 4.69) is 17.4 Å². The molecule has 1 aliphatic carbocycles. The van der Waals surface area contributed by atoms with Crippen LogP contribution in [0.1, 0.15) is 46.0 Å². The van der Waals surface area contributed by atoms with Crippen LogP contribution in [0, 0.1) is 5.92 Å². The van der Waals surface area contributed by atoms with Crippen molar-refractivity contribution in [3.05, 3.63) is 0 Å². The van der Waals surface area contributed by atoms with Crippen LogP contribution in [0.4, 0.5) is 0 Å². The highest BCUT2D eigenvalue weighted by molar-refractivity contribution is 5.85. The van der Waals surface area contributed by atoms with Crippen LogP contribution in [0.3, 0.4) is 0 Å². The van der Waals surface area contributed by atoms with Gasteiger partial charge in [0.2, 0.25) is 0 Å². The maximum atomic E-state index is 8.64. The van der Waals surface area contributed by atoms with Gasteiger partial charge in [0.05, 0.1) is 6.04 Å². The Balaban J connectivity index is 2.39. The summed E-state index contributed by atoms with van der Waals surface area (Å²) in [6, 6.07) is 0.515. The van der Waals surface area contributed by atoms with E-state index in [-0.39, 0.29) is 6.04 Å². The minimum absolute atomic E-state index is 0.0127. The van der Waals surface area contributed by atoms with Crippen LogP contribution in [0.25, 0.3) is 0 Å². The van der Waals surface area contributed by atoms with Gasteiger partial charge in [0, 0.05) is 6.04 Å². The average Bonchev–Trinajstić information content (AvgIpc) is 3.06. The molecule has 1 rings (SSSR count). The van der Waals surface area contributed by atoms with Gasteiger partial charge in [-0.2, -0.15) is 0 Å². The lowest BCUT2D eigenvalue weighted by Crippen LogP contribution is -2.46. The van der Waals surface area contributed by atoms with Crippen LogP contribution in [0.2, 0.25) is 0 Å². The van der Waals surface area contributed by atoms with E-state index in [1.54, 1.807) is 0 Å². The van der Waals surface area contributed by atoms with Crippen molar-refractivity contribution in [2.45, 2.75) is 58.0 Å². The molecule has 0 saturated heterocycles. The van der Waals surface area contributed by atoms with Gasteiger partial charge < -0.3 is 16.3 Å². The first kappa shape index (κ1) is 12.3. The minimum atomic E-state index is 0.0127. The molecule has 0 aromatic heterocycles. The predicted octanol–water partition coefficient (Wildman–Crippen LogP) is 1.68. The number of hydrogen-bond donors (Lipinski definition) is 3. The summed E-state index contributed by atoms with van der Waals surface area (Å²) in [6.07, 6.45) is 5.94. The molecular formula is C11H23N3O. The first-order chi connectivity index (χ1) is 7.21. The third-order valence-corrected chi connectivity index (χ3v) is 3.13. The van der Waals surface area contributed by atoms with Gasteiger partial charge in [0.25, 0.3) is 0 Å². The predicted molar refractivity (Wildman–Crippen MR) is 62.0 cm³/mol. The average molecular weight is 213 g/mol. The van der Waals surface area contributed by atoms with Crippen LogP contribution in [-0.4, -0.2) is 23.1 Å². The summed E-state index contributed by atoms with van der Waals surface area (Å²) in [6.45, 7) is 4.22. The molecule has 88 valence electrons. The van der Waals surface area contributed by atoms with Crippen molar-refractivity contribution in [2.75, 3.05) is 0 Å². The second kappa shape index (κ2) is 5.95. The summed E-state index contributed by atoms with van der Waals surface area (Å²) in [5.74, 6) is 1.21. The number of amidine groups is 1. The summed E-state index contributed by atoms with van der Waals surface area (Å²) in [5, 5.41) is 15.2. The van der Waals surface area contributed by atoms with Crippen LogP contribution in [0.15, 0.2) is 5.16 Å². The van der Waals surface area contributed by atoms with Crippen molar-refractivity contribution < 1.29 is 5.21 Å². The third-order valence-electron chi connectivity index (χ3n) is 3.13. The number of oxime groups is 1. The first-order valence-corrected chi connectivity index (χ1v) is 5.94. The van der Waals surface area contributed by atoms with Gasteiger partial charge in [-0.15, -0.1) is 0 Å². The Morgan fingerprint density at radius 3 is 2.53 bits per heavy atom. The van der Waals surface area contributed by atoms with Crippen molar-refractivity contribution in [1.29, 1.82) is 0 Å². The minimum Gasteiger partial charge on any atom is -0.409 e. The monoisotopic (exact) mass is 213 g/mol. The first-order valence-electron chi connectivity index (χ1n) is 5.94.